The Hall–Kier alpha value is -1.61. The second-order valence-corrected chi connectivity index (χ2v) is 4.61. The smallest absolute Gasteiger partial charge is 0.0568 e. The van der Waals surface area contributed by atoms with E-state index in [1.807, 2.05) is 12.3 Å². The molecule has 1 unspecified atom stereocenters. The van der Waals surface area contributed by atoms with Gasteiger partial charge in [-0.25, -0.2) is 0 Å². The summed E-state index contributed by atoms with van der Waals surface area (Å²) >= 11 is 0. The Kier molecular flexibility index (Phi) is 2.92. The van der Waals surface area contributed by atoms with Crippen molar-refractivity contribution < 1.29 is 0 Å². The van der Waals surface area contributed by atoms with Crippen molar-refractivity contribution in [1.82, 2.24) is 15.5 Å². The minimum atomic E-state index is 0.571. The second kappa shape index (κ2) is 4.72. The fraction of sp³-hybridized carbons (Fsp3) is 0.357. The van der Waals surface area contributed by atoms with E-state index in [4.69, 9.17) is 0 Å². The zero-order valence-corrected chi connectivity index (χ0v) is 9.82. The van der Waals surface area contributed by atoms with Gasteiger partial charge in [-0.15, -0.1) is 0 Å². The van der Waals surface area contributed by atoms with Gasteiger partial charge in [0.1, 0.15) is 0 Å². The first-order chi connectivity index (χ1) is 8.45. The minimum absolute atomic E-state index is 0.571. The van der Waals surface area contributed by atoms with Gasteiger partial charge in [0.25, 0.3) is 0 Å². The molecule has 3 nitrogen and oxygen atoms in total. The molecule has 0 bridgehead atoms. The summed E-state index contributed by atoms with van der Waals surface area (Å²) < 4.78 is 0. The molecule has 1 aromatic carbocycles. The van der Waals surface area contributed by atoms with E-state index in [0.717, 1.165) is 13.1 Å². The zero-order valence-electron chi connectivity index (χ0n) is 9.82. The lowest BCUT2D eigenvalue weighted by atomic mass is 9.91. The van der Waals surface area contributed by atoms with Crippen LogP contribution in [-0.2, 0) is 0 Å². The lowest BCUT2D eigenvalue weighted by Gasteiger charge is -2.22. The summed E-state index contributed by atoms with van der Waals surface area (Å²) in [5, 5.41) is 10.9. The van der Waals surface area contributed by atoms with Crippen molar-refractivity contribution in [3.8, 4) is 11.1 Å². The van der Waals surface area contributed by atoms with E-state index in [2.05, 4.69) is 39.8 Å². The average Bonchev–Trinajstić information content (AvgIpc) is 2.90. The predicted molar refractivity (Wildman–Crippen MR) is 68.9 cm³/mol. The van der Waals surface area contributed by atoms with Crippen molar-refractivity contribution in [2.75, 3.05) is 13.1 Å². The summed E-state index contributed by atoms with van der Waals surface area (Å²) in [5.41, 5.74) is 3.78. The van der Waals surface area contributed by atoms with Crippen molar-refractivity contribution in [1.29, 1.82) is 0 Å². The Morgan fingerprint density at radius 2 is 2.06 bits per heavy atom. The number of hydrogen-bond acceptors (Lipinski definition) is 2. The minimum Gasteiger partial charge on any atom is -0.316 e. The molecule has 1 atom stereocenters. The van der Waals surface area contributed by atoms with E-state index in [1.165, 1.54) is 29.7 Å². The molecule has 3 heteroatoms. The number of benzene rings is 1. The standard InChI is InChI=1S/C14H17N3/c1-2-5-11(6-3-1)13-10-16-17-14(13)12-7-4-8-15-9-12/h1-3,5-6,10,12,15H,4,7-9H2,(H,16,17). The number of aromatic amines is 1. The van der Waals surface area contributed by atoms with Gasteiger partial charge in [0.15, 0.2) is 0 Å². The first kappa shape index (κ1) is 10.5. The van der Waals surface area contributed by atoms with Crippen LogP contribution in [-0.4, -0.2) is 23.3 Å². The van der Waals surface area contributed by atoms with Crippen LogP contribution in [0.1, 0.15) is 24.5 Å². The maximum Gasteiger partial charge on any atom is 0.0568 e. The molecule has 2 N–H and O–H groups in total. The number of hydrogen-bond donors (Lipinski definition) is 2. The largest absolute Gasteiger partial charge is 0.316 e. The van der Waals surface area contributed by atoms with Crippen molar-refractivity contribution in [2.24, 2.45) is 0 Å². The number of rotatable bonds is 2. The van der Waals surface area contributed by atoms with E-state index in [9.17, 15) is 0 Å². The summed E-state index contributed by atoms with van der Waals surface area (Å²) in [6.45, 7) is 2.20. The van der Waals surface area contributed by atoms with Gasteiger partial charge in [-0.1, -0.05) is 30.3 Å². The summed E-state index contributed by atoms with van der Waals surface area (Å²) in [4.78, 5) is 0. The Bertz CT molecular complexity index is 469. The van der Waals surface area contributed by atoms with Gasteiger partial charge >= 0.3 is 0 Å². The molecule has 2 heterocycles. The first-order valence-corrected chi connectivity index (χ1v) is 6.24. The molecular weight excluding hydrogens is 210 g/mol. The third kappa shape index (κ3) is 2.11. The number of nitrogens with zero attached hydrogens (tertiary/aromatic N) is 1. The van der Waals surface area contributed by atoms with E-state index in [-0.39, 0.29) is 0 Å². The average molecular weight is 227 g/mol. The van der Waals surface area contributed by atoms with E-state index in [0.29, 0.717) is 5.92 Å². The van der Waals surface area contributed by atoms with Crippen LogP contribution in [0.3, 0.4) is 0 Å². The topological polar surface area (TPSA) is 40.7 Å². The molecule has 17 heavy (non-hydrogen) atoms. The van der Waals surface area contributed by atoms with Gasteiger partial charge in [-0.2, -0.15) is 5.10 Å². The highest BCUT2D eigenvalue weighted by molar-refractivity contribution is 5.65. The van der Waals surface area contributed by atoms with Gasteiger partial charge in [-0.3, -0.25) is 5.10 Å². The number of piperidine rings is 1. The van der Waals surface area contributed by atoms with Crippen LogP contribution in [0, 0.1) is 0 Å². The van der Waals surface area contributed by atoms with E-state index >= 15 is 0 Å². The lowest BCUT2D eigenvalue weighted by Crippen LogP contribution is -2.28. The van der Waals surface area contributed by atoms with E-state index in [1.54, 1.807) is 0 Å². The van der Waals surface area contributed by atoms with Gasteiger partial charge in [-0.05, 0) is 24.9 Å². The van der Waals surface area contributed by atoms with Gasteiger partial charge < -0.3 is 5.32 Å². The van der Waals surface area contributed by atoms with Crippen molar-refractivity contribution >= 4 is 0 Å². The first-order valence-electron chi connectivity index (χ1n) is 6.24. The Balaban J connectivity index is 1.93. The molecule has 1 aromatic heterocycles. The molecule has 1 fully saturated rings. The van der Waals surface area contributed by atoms with Crippen LogP contribution in [0.4, 0.5) is 0 Å². The lowest BCUT2D eigenvalue weighted by molar-refractivity contribution is 0.455. The molecule has 0 radical (unpaired) electrons. The second-order valence-electron chi connectivity index (χ2n) is 4.61. The molecule has 1 saturated heterocycles. The molecule has 3 rings (SSSR count). The molecule has 1 aliphatic heterocycles. The van der Waals surface area contributed by atoms with Crippen molar-refractivity contribution in [2.45, 2.75) is 18.8 Å². The highest BCUT2D eigenvalue weighted by Gasteiger charge is 2.20. The maximum atomic E-state index is 4.22. The highest BCUT2D eigenvalue weighted by Crippen LogP contribution is 2.30. The molecular formula is C14H17N3. The fourth-order valence-electron chi connectivity index (χ4n) is 2.55. The highest BCUT2D eigenvalue weighted by atomic mass is 15.1. The quantitative estimate of drug-likeness (QED) is 0.827. The fourth-order valence-corrected chi connectivity index (χ4v) is 2.55. The van der Waals surface area contributed by atoms with E-state index < -0.39 is 0 Å². The molecule has 1 aliphatic rings. The Labute approximate surface area is 101 Å². The third-order valence-electron chi connectivity index (χ3n) is 3.46. The van der Waals surface area contributed by atoms with Crippen LogP contribution in [0.25, 0.3) is 11.1 Å². The van der Waals surface area contributed by atoms with Crippen LogP contribution >= 0.6 is 0 Å². The molecule has 0 saturated carbocycles. The van der Waals surface area contributed by atoms with Crippen molar-refractivity contribution in [3.05, 3.63) is 42.2 Å². The number of nitrogens with one attached hydrogen (secondary N) is 2. The Morgan fingerprint density at radius 1 is 1.18 bits per heavy atom. The SMILES string of the molecule is c1ccc(-c2cn[nH]c2C2CCCNC2)cc1. The van der Waals surface area contributed by atoms with Crippen LogP contribution in [0.15, 0.2) is 36.5 Å². The Morgan fingerprint density at radius 3 is 2.82 bits per heavy atom. The summed E-state index contributed by atoms with van der Waals surface area (Å²) in [5.74, 6) is 0.571. The monoisotopic (exact) mass is 227 g/mol. The van der Waals surface area contributed by atoms with Crippen LogP contribution < -0.4 is 5.32 Å². The third-order valence-corrected chi connectivity index (χ3v) is 3.46. The number of aromatic nitrogens is 2. The molecule has 2 aromatic rings. The molecule has 88 valence electrons. The molecule has 0 spiro atoms. The summed E-state index contributed by atoms with van der Waals surface area (Å²) in [6, 6.07) is 10.5. The normalized spacial score (nSPS) is 20.4. The summed E-state index contributed by atoms with van der Waals surface area (Å²) in [7, 11) is 0. The van der Waals surface area contributed by atoms with Crippen LogP contribution in [0.2, 0.25) is 0 Å². The van der Waals surface area contributed by atoms with Gasteiger partial charge in [0, 0.05) is 23.7 Å². The zero-order chi connectivity index (χ0) is 11.5. The summed E-state index contributed by atoms with van der Waals surface area (Å²) in [6.07, 6.45) is 4.44. The number of H-pyrrole nitrogens is 1. The maximum absolute atomic E-state index is 4.22. The van der Waals surface area contributed by atoms with Gasteiger partial charge in [0.2, 0.25) is 0 Å². The molecule has 0 amide bonds. The predicted octanol–water partition coefficient (Wildman–Crippen LogP) is 2.54. The van der Waals surface area contributed by atoms with Crippen LogP contribution in [0.5, 0.6) is 0 Å². The van der Waals surface area contributed by atoms with Crippen molar-refractivity contribution in [3.63, 3.8) is 0 Å². The van der Waals surface area contributed by atoms with Gasteiger partial charge in [0.05, 0.1) is 6.20 Å². The molecule has 0 aliphatic carbocycles.